The predicted molar refractivity (Wildman–Crippen MR) is 31.9 cm³/mol. The van der Waals surface area contributed by atoms with Crippen molar-refractivity contribution >= 4 is 18.2 Å². The summed E-state index contributed by atoms with van der Waals surface area (Å²) in [6, 6.07) is 0. The van der Waals surface area contributed by atoms with Gasteiger partial charge in [0.25, 0.3) is 0 Å². The fourth-order valence-corrected chi connectivity index (χ4v) is 1.26. The van der Waals surface area contributed by atoms with Crippen molar-refractivity contribution in [2.45, 2.75) is 20.0 Å². The van der Waals surface area contributed by atoms with E-state index >= 15 is 0 Å². The van der Waals surface area contributed by atoms with Crippen LogP contribution in [-0.2, 0) is 9.09 Å². The summed E-state index contributed by atoms with van der Waals surface area (Å²) in [4.78, 5) is 8.29. The van der Waals surface area contributed by atoms with Crippen LogP contribution in [0.3, 0.4) is 0 Å². The number of hydrogen-bond acceptors (Lipinski definition) is 2. The quantitative estimate of drug-likeness (QED) is 0.623. The lowest BCUT2D eigenvalue weighted by atomic mass is 10.5. The third-order valence-corrected chi connectivity index (χ3v) is 1.26. The zero-order valence-electron chi connectivity index (χ0n) is 4.67. The summed E-state index contributed by atoms with van der Waals surface area (Å²) in [6.07, 6.45) is -0.302. The van der Waals surface area contributed by atoms with Crippen LogP contribution < -0.4 is 0 Å². The SMILES string of the molecule is CC(C)OP(=O)(O)Cl. The maximum atomic E-state index is 10.1. The molecule has 0 amide bonds. The number of hydrogen-bond donors (Lipinski definition) is 1. The fourth-order valence-electron chi connectivity index (χ4n) is 0.260. The van der Waals surface area contributed by atoms with Gasteiger partial charge in [0.1, 0.15) is 0 Å². The minimum Gasteiger partial charge on any atom is -0.313 e. The van der Waals surface area contributed by atoms with E-state index in [4.69, 9.17) is 16.1 Å². The first-order chi connectivity index (χ1) is 3.42. The van der Waals surface area contributed by atoms with Crippen LogP contribution in [0.4, 0.5) is 0 Å². The molecule has 1 N–H and O–H groups in total. The summed E-state index contributed by atoms with van der Waals surface area (Å²) in [7, 11) is 0. The van der Waals surface area contributed by atoms with Gasteiger partial charge in [-0.25, -0.2) is 4.57 Å². The molecule has 0 aromatic carbocycles. The molecule has 0 aliphatic rings. The summed E-state index contributed by atoms with van der Waals surface area (Å²) in [5.41, 5.74) is 0. The highest BCUT2D eigenvalue weighted by Gasteiger charge is 2.14. The van der Waals surface area contributed by atoms with Crippen LogP contribution in [0, 0.1) is 0 Å². The smallest absolute Gasteiger partial charge is 0.313 e. The highest BCUT2D eigenvalue weighted by molar-refractivity contribution is 7.80. The summed E-state index contributed by atoms with van der Waals surface area (Å²) < 4.78 is 14.4. The van der Waals surface area contributed by atoms with Crippen molar-refractivity contribution in [1.82, 2.24) is 0 Å². The van der Waals surface area contributed by atoms with Gasteiger partial charge in [-0.05, 0) is 13.8 Å². The van der Waals surface area contributed by atoms with Gasteiger partial charge < -0.3 is 4.89 Å². The van der Waals surface area contributed by atoms with Crippen LogP contribution in [0.1, 0.15) is 13.8 Å². The normalized spacial score (nSPS) is 18.6. The molecule has 50 valence electrons. The Labute approximate surface area is 52.9 Å². The van der Waals surface area contributed by atoms with Crippen molar-refractivity contribution in [2.75, 3.05) is 0 Å². The van der Waals surface area contributed by atoms with E-state index < -0.39 is 6.95 Å². The molecule has 0 bridgehead atoms. The Hall–Kier alpha value is 0.440. The molecule has 5 heteroatoms. The van der Waals surface area contributed by atoms with Crippen molar-refractivity contribution < 1.29 is 14.0 Å². The van der Waals surface area contributed by atoms with Crippen molar-refractivity contribution in [2.24, 2.45) is 0 Å². The van der Waals surface area contributed by atoms with E-state index in [0.717, 1.165) is 0 Å². The van der Waals surface area contributed by atoms with Gasteiger partial charge in [0.05, 0.1) is 6.10 Å². The lowest BCUT2D eigenvalue weighted by molar-refractivity contribution is 0.216. The highest BCUT2D eigenvalue weighted by Crippen LogP contribution is 2.48. The van der Waals surface area contributed by atoms with E-state index in [9.17, 15) is 4.57 Å². The third kappa shape index (κ3) is 6.44. The van der Waals surface area contributed by atoms with Crippen LogP contribution in [0.15, 0.2) is 0 Å². The standard InChI is InChI=1S/C3H8ClO3P/c1-3(2)7-8(4,5)6/h3H,1-2H3,(H,5,6). The van der Waals surface area contributed by atoms with Crippen molar-refractivity contribution in [1.29, 1.82) is 0 Å². The van der Waals surface area contributed by atoms with Gasteiger partial charge in [-0.15, -0.1) is 0 Å². The van der Waals surface area contributed by atoms with E-state index in [1.807, 2.05) is 0 Å². The van der Waals surface area contributed by atoms with Crippen molar-refractivity contribution in [3.05, 3.63) is 0 Å². The molecule has 3 nitrogen and oxygen atoms in total. The lowest BCUT2D eigenvalue weighted by Crippen LogP contribution is -1.96. The second-order valence-electron chi connectivity index (χ2n) is 1.61. The molecule has 0 spiro atoms. The number of halogens is 1. The molecule has 0 radical (unpaired) electrons. The van der Waals surface area contributed by atoms with Crippen LogP contribution in [0.2, 0.25) is 0 Å². The van der Waals surface area contributed by atoms with E-state index in [1.54, 1.807) is 13.8 Å². The molecular formula is C3H8ClO3P. The monoisotopic (exact) mass is 158 g/mol. The first-order valence-electron chi connectivity index (χ1n) is 2.12. The Morgan fingerprint density at radius 2 is 2.12 bits per heavy atom. The van der Waals surface area contributed by atoms with E-state index in [-0.39, 0.29) is 6.10 Å². The first-order valence-corrected chi connectivity index (χ1v) is 4.61. The molecule has 0 rings (SSSR count). The van der Waals surface area contributed by atoms with Gasteiger partial charge in [0.15, 0.2) is 0 Å². The lowest BCUT2D eigenvalue weighted by Gasteiger charge is -2.05. The molecule has 0 saturated heterocycles. The molecule has 1 atom stereocenters. The summed E-state index contributed by atoms with van der Waals surface area (Å²) in [5.74, 6) is 0. The first kappa shape index (κ1) is 8.44. The second kappa shape index (κ2) is 2.83. The van der Waals surface area contributed by atoms with Crippen molar-refractivity contribution in [3.8, 4) is 0 Å². The van der Waals surface area contributed by atoms with Gasteiger partial charge in [-0.3, -0.25) is 4.52 Å². The Bertz CT molecular complexity index is 107. The Kier molecular flexibility index (Phi) is 2.99. The van der Waals surface area contributed by atoms with Gasteiger partial charge in [0.2, 0.25) is 0 Å². The molecule has 0 saturated carbocycles. The van der Waals surface area contributed by atoms with Gasteiger partial charge in [-0.2, -0.15) is 0 Å². The van der Waals surface area contributed by atoms with E-state index in [1.165, 1.54) is 0 Å². The molecule has 0 heterocycles. The fraction of sp³-hybridized carbons (Fsp3) is 1.00. The predicted octanol–water partition coefficient (Wildman–Crippen LogP) is 1.75. The van der Waals surface area contributed by atoms with Gasteiger partial charge in [0, 0.05) is 11.2 Å². The largest absolute Gasteiger partial charge is 0.421 e. The van der Waals surface area contributed by atoms with Crippen LogP contribution in [0.25, 0.3) is 0 Å². The molecular weight excluding hydrogens is 150 g/mol. The number of rotatable bonds is 2. The zero-order valence-corrected chi connectivity index (χ0v) is 6.32. The van der Waals surface area contributed by atoms with Crippen LogP contribution in [0.5, 0.6) is 0 Å². The van der Waals surface area contributed by atoms with Gasteiger partial charge in [-0.1, -0.05) is 0 Å². The topological polar surface area (TPSA) is 46.5 Å². The van der Waals surface area contributed by atoms with Crippen LogP contribution in [-0.4, -0.2) is 11.0 Å². The average Bonchev–Trinajstić information content (AvgIpc) is 1.21. The van der Waals surface area contributed by atoms with Crippen molar-refractivity contribution in [3.63, 3.8) is 0 Å². The second-order valence-corrected chi connectivity index (χ2v) is 4.00. The minimum absolute atomic E-state index is 0.302. The van der Waals surface area contributed by atoms with Crippen LogP contribution >= 0.6 is 18.2 Å². The molecule has 8 heavy (non-hydrogen) atoms. The Morgan fingerprint density at radius 1 is 1.75 bits per heavy atom. The maximum Gasteiger partial charge on any atom is 0.421 e. The zero-order chi connectivity index (χ0) is 6.78. The highest BCUT2D eigenvalue weighted by atomic mass is 35.7. The summed E-state index contributed by atoms with van der Waals surface area (Å²) in [6.45, 7) is -0.489. The van der Waals surface area contributed by atoms with E-state index in [0.29, 0.717) is 0 Å². The molecule has 0 aromatic heterocycles. The average molecular weight is 159 g/mol. The molecule has 0 aromatic rings. The molecule has 0 fully saturated rings. The summed E-state index contributed by atoms with van der Waals surface area (Å²) >= 11 is 4.82. The maximum absolute atomic E-state index is 10.1. The minimum atomic E-state index is -3.75. The summed E-state index contributed by atoms with van der Waals surface area (Å²) in [5, 5.41) is 0. The molecule has 0 aliphatic carbocycles. The van der Waals surface area contributed by atoms with E-state index in [2.05, 4.69) is 4.52 Å². The Morgan fingerprint density at radius 3 is 2.12 bits per heavy atom. The molecule has 0 aliphatic heterocycles. The molecule has 1 unspecified atom stereocenters. The third-order valence-electron chi connectivity index (χ3n) is 0.341. The van der Waals surface area contributed by atoms with Gasteiger partial charge >= 0.3 is 6.95 Å². The Balaban J connectivity index is 3.56.